The van der Waals surface area contributed by atoms with Gasteiger partial charge in [-0.25, -0.2) is 4.98 Å². The number of nitriles is 1. The van der Waals surface area contributed by atoms with Gasteiger partial charge >= 0.3 is 0 Å². The summed E-state index contributed by atoms with van der Waals surface area (Å²) in [5, 5.41) is 10.3. The summed E-state index contributed by atoms with van der Waals surface area (Å²) < 4.78 is 0. The second-order valence-corrected chi connectivity index (χ2v) is 6.73. The summed E-state index contributed by atoms with van der Waals surface area (Å²) >= 11 is 6.45. The molecule has 2 rings (SSSR count). The Labute approximate surface area is 155 Å². The maximum Gasteiger partial charge on any atom is 0.142 e. The number of hydrogen-bond donors (Lipinski definition) is 1. The molecule has 1 aromatic heterocycles. The first kappa shape index (κ1) is 19.3. The first-order valence-corrected chi connectivity index (χ1v) is 9.48. The first-order chi connectivity index (χ1) is 12.1. The lowest BCUT2D eigenvalue weighted by atomic mass is 9.90. The van der Waals surface area contributed by atoms with E-state index in [9.17, 15) is 5.26 Å². The van der Waals surface area contributed by atoms with E-state index in [-0.39, 0.29) is 0 Å². The number of nitrogens with two attached hydrogens (primary N) is 1. The zero-order valence-electron chi connectivity index (χ0n) is 15.1. The summed E-state index contributed by atoms with van der Waals surface area (Å²) in [4.78, 5) is 4.60. The number of nitrogen functional groups attached to an aromatic ring is 1. The summed E-state index contributed by atoms with van der Waals surface area (Å²) in [6, 6.07) is 9.92. The molecule has 0 aliphatic heterocycles. The van der Waals surface area contributed by atoms with Crippen LogP contribution in [0.25, 0.3) is 11.1 Å². The van der Waals surface area contributed by atoms with E-state index < -0.39 is 0 Å². The highest BCUT2D eigenvalue weighted by Crippen LogP contribution is 2.37. The van der Waals surface area contributed by atoms with Crippen LogP contribution in [0, 0.1) is 11.3 Å². The third kappa shape index (κ3) is 4.52. The number of hydrogen-bond acceptors (Lipinski definition) is 3. The highest BCUT2D eigenvalue weighted by molar-refractivity contribution is 6.33. The van der Waals surface area contributed by atoms with Crippen molar-refractivity contribution >= 4 is 17.4 Å². The Morgan fingerprint density at radius 1 is 1.08 bits per heavy atom. The van der Waals surface area contributed by atoms with E-state index in [2.05, 4.69) is 24.9 Å². The molecule has 0 atom stereocenters. The van der Waals surface area contributed by atoms with Crippen molar-refractivity contribution in [3.63, 3.8) is 0 Å². The van der Waals surface area contributed by atoms with Crippen LogP contribution in [0.15, 0.2) is 24.3 Å². The highest BCUT2D eigenvalue weighted by atomic mass is 35.5. The van der Waals surface area contributed by atoms with Crippen LogP contribution in [0.5, 0.6) is 0 Å². The minimum absolute atomic E-state index is 0.309. The minimum Gasteiger partial charge on any atom is -0.383 e. The lowest BCUT2D eigenvalue weighted by Gasteiger charge is -2.18. The smallest absolute Gasteiger partial charge is 0.142 e. The van der Waals surface area contributed by atoms with Crippen molar-refractivity contribution in [1.29, 1.82) is 5.26 Å². The van der Waals surface area contributed by atoms with Gasteiger partial charge in [-0.2, -0.15) is 5.26 Å². The van der Waals surface area contributed by atoms with Gasteiger partial charge in [0.1, 0.15) is 17.5 Å². The Bertz CT molecular complexity index is 762. The van der Waals surface area contributed by atoms with Crippen LogP contribution < -0.4 is 5.73 Å². The Kier molecular flexibility index (Phi) is 7.28. The number of nitrogens with zero attached hydrogens (tertiary/aromatic N) is 2. The van der Waals surface area contributed by atoms with Gasteiger partial charge in [0.05, 0.1) is 0 Å². The van der Waals surface area contributed by atoms with Crippen LogP contribution in [0.2, 0.25) is 5.02 Å². The Hall–Kier alpha value is -2.05. The largest absolute Gasteiger partial charge is 0.383 e. The van der Waals surface area contributed by atoms with E-state index in [1.165, 1.54) is 0 Å². The molecule has 25 heavy (non-hydrogen) atoms. The van der Waals surface area contributed by atoms with Gasteiger partial charge in [0, 0.05) is 21.8 Å². The molecule has 0 fully saturated rings. The lowest BCUT2D eigenvalue weighted by Crippen LogP contribution is -2.08. The normalized spacial score (nSPS) is 10.6. The predicted octanol–water partition coefficient (Wildman–Crippen LogP) is 5.93. The molecule has 0 saturated heterocycles. The van der Waals surface area contributed by atoms with E-state index in [0.717, 1.165) is 67.3 Å². The fourth-order valence-corrected chi connectivity index (χ4v) is 3.37. The molecule has 0 amide bonds. The topological polar surface area (TPSA) is 62.7 Å². The van der Waals surface area contributed by atoms with Crippen molar-refractivity contribution in [3.05, 3.63) is 46.1 Å². The summed E-state index contributed by atoms with van der Waals surface area (Å²) in [6.07, 6.45) is 7.32. The van der Waals surface area contributed by atoms with E-state index >= 15 is 0 Å². The fraction of sp³-hybridized carbons (Fsp3) is 0.429. The van der Waals surface area contributed by atoms with Crippen LogP contribution in [-0.2, 0) is 12.8 Å². The number of unbranched alkanes of at least 4 members (excludes halogenated alkanes) is 3. The third-order valence-electron chi connectivity index (χ3n) is 4.46. The van der Waals surface area contributed by atoms with Crippen molar-refractivity contribution in [2.75, 3.05) is 5.73 Å². The van der Waals surface area contributed by atoms with Gasteiger partial charge < -0.3 is 5.73 Å². The van der Waals surface area contributed by atoms with Crippen molar-refractivity contribution < 1.29 is 0 Å². The highest BCUT2D eigenvalue weighted by Gasteiger charge is 2.20. The first-order valence-electron chi connectivity index (χ1n) is 9.10. The summed E-state index contributed by atoms with van der Waals surface area (Å²) in [5.74, 6) is 0.309. The molecular weight excluding hydrogens is 330 g/mol. The SMILES string of the molecule is CCCCCc1nc(N)c(C#N)c(-c2ccccc2Cl)c1CCCC. The Morgan fingerprint density at radius 3 is 2.44 bits per heavy atom. The van der Waals surface area contributed by atoms with Gasteiger partial charge in [0.15, 0.2) is 0 Å². The van der Waals surface area contributed by atoms with E-state index in [4.69, 9.17) is 17.3 Å². The van der Waals surface area contributed by atoms with E-state index in [0.29, 0.717) is 16.4 Å². The monoisotopic (exact) mass is 355 g/mol. The second-order valence-electron chi connectivity index (χ2n) is 6.32. The van der Waals surface area contributed by atoms with Crippen LogP contribution in [0.1, 0.15) is 62.8 Å². The molecule has 0 spiro atoms. The maximum absolute atomic E-state index is 9.69. The molecule has 0 aliphatic carbocycles. The fourth-order valence-electron chi connectivity index (χ4n) is 3.14. The molecule has 2 aromatic rings. The Balaban J connectivity index is 2.67. The third-order valence-corrected chi connectivity index (χ3v) is 4.79. The molecular formula is C21H26ClN3. The van der Waals surface area contributed by atoms with Crippen molar-refractivity contribution in [2.45, 2.75) is 58.8 Å². The predicted molar refractivity (Wildman–Crippen MR) is 106 cm³/mol. The van der Waals surface area contributed by atoms with Gasteiger partial charge in [0.25, 0.3) is 0 Å². The molecule has 0 aliphatic rings. The van der Waals surface area contributed by atoms with Crippen molar-refractivity contribution in [1.82, 2.24) is 4.98 Å². The molecule has 1 heterocycles. The molecule has 3 nitrogen and oxygen atoms in total. The van der Waals surface area contributed by atoms with E-state index in [1.807, 2.05) is 24.3 Å². The zero-order valence-corrected chi connectivity index (χ0v) is 15.9. The van der Waals surface area contributed by atoms with Crippen molar-refractivity contribution in [2.24, 2.45) is 0 Å². The van der Waals surface area contributed by atoms with Gasteiger partial charge in [-0.15, -0.1) is 0 Å². The molecule has 0 unspecified atom stereocenters. The summed E-state index contributed by atoms with van der Waals surface area (Å²) in [5.41, 5.74) is 10.5. The van der Waals surface area contributed by atoms with Crippen LogP contribution in [-0.4, -0.2) is 4.98 Å². The molecule has 1 aromatic carbocycles. The van der Waals surface area contributed by atoms with Crippen LogP contribution in [0.4, 0.5) is 5.82 Å². The Morgan fingerprint density at radius 2 is 1.80 bits per heavy atom. The number of anilines is 1. The van der Waals surface area contributed by atoms with Crippen molar-refractivity contribution in [3.8, 4) is 17.2 Å². The zero-order chi connectivity index (χ0) is 18.2. The number of rotatable bonds is 8. The number of pyridine rings is 1. The number of benzene rings is 1. The average Bonchev–Trinajstić information content (AvgIpc) is 2.61. The molecule has 4 heteroatoms. The number of aromatic nitrogens is 1. The van der Waals surface area contributed by atoms with Crippen LogP contribution in [0.3, 0.4) is 0 Å². The molecule has 132 valence electrons. The van der Waals surface area contributed by atoms with Gasteiger partial charge in [-0.05, 0) is 37.3 Å². The van der Waals surface area contributed by atoms with E-state index in [1.54, 1.807) is 0 Å². The minimum atomic E-state index is 0.309. The quantitative estimate of drug-likeness (QED) is 0.596. The molecule has 0 radical (unpaired) electrons. The maximum atomic E-state index is 9.69. The van der Waals surface area contributed by atoms with Gasteiger partial charge in [-0.1, -0.05) is 62.9 Å². The average molecular weight is 356 g/mol. The van der Waals surface area contributed by atoms with Gasteiger partial charge in [0.2, 0.25) is 0 Å². The molecule has 2 N–H and O–H groups in total. The summed E-state index contributed by atoms with van der Waals surface area (Å²) in [6.45, 7) is 4.36. The number of halogens is 1. The molecule has 0 bridgehead atoms. The number of aryl methyl sites for hydroxylation is 1. The second kappa shape index (κ2) is 9.44. The lowest BCUT2D eigenvalue weighted by molar-refractivity contribution is 0.696. The van der Waals surface area contributed by atoms with Crippen LogP contribution >= 0.6 is 11.6 Å². The van der Waals surface area contributed by atoms with Gasteiger partial charge in [-0.3, -0.25) is 0 Å². The summed E-state index contributed by atoms with van der Waals surface area (Å²) in [7, 11) is 0. The molecule has 0 saturated carbocycles. The standard InChI is InChI=1S/C21H26ClN3/c1-3-5-7-13-19-16(10-6-4-2)20(17(14-23)21(24)25-19)15-11-8-9-12-18(15)22/h8-9,11-12H,3-7,10,13H2,1-2H3,(H2,24,25).